The number of nitrogens with zero attached hydrogens (tertiary/aromatic N) is 1. The van der Waals surface area contributed by atoms with Gasteiger partial charge in [0.1, 0.15) is 6.04 Å². The summed E-state index contributed by atoms with van der Waals surface area (Å²) in [4.78, 5) is 24.9. The molecular weight excluding hydrogens is 228 g/mol. The standard InChI is InChI=1S/C9H18N4O4/c1-5(3-13-9(10)11)2-6(8(16)17)12-4-7(14)15/h5-6,12H,2-4H2,1H3,(H,14,15)(H,16,17)(H4,10,11,13)/t5?,6-/m1/s1. The molecule has 0 spiro atoms. The maximum Gasteiger partial charge on any atom is 0.320 e. The fourth-order valence-electron chi connectivity index (χ4n) is 1.22. The summed E-state index contributed by atoms with van der Waals surface area (Å²) in [5.74, 6) is -2.32. The topological polar surface area (TPSA) is 151 Å². The van der Waals surface area contributed by atoms with E-state index in [2.05, 4.69) is 10.3 Å². The van der Waals surface area contributed by atoms with Crippen molar-refractivity contribution in [1.29, 1.82) is 0 Å². The van der Waals surface area contributed by atoms with Gasteiger partial charge in [-0.3, -0.25) is 19.9 Å². The van der Waals surface area contributed by atoms with E-state index in [-0.39, 0.29) is 18.3 Å². The Morgan fingerprint density at radius 3 is 2.35 bits per heavy atom. The molecule has 0 aromatic carbocycles. The number of aliphatic carboxylic acids is 2. The van der Waals surface area contributed by atoms with E-state index < -0.39 is 24.5 Å². The molecule has 7 N–H and O–H groups in total. The lowest BCUT2D eigenvalue weighted by atomic mass is 10.0. The quantitative estimate of drug-likeness (QED) is 0.256. The van der Waals surface area contributed by atoms with Gasteiger partial charge >= 0.3 is 11.9 Å². The van der Waals surface area contributed by atoms with Crippen LogP contribution in [0.2, 0.25) is 0 Å². The van der Waals surface area contributed by atoms with Crippen molar-refractivity contribution in [3.05, 3.63) is 0 Å². The lowest BCUT2D eigenvalue weighted by Crippen LogP contribution is -2.41. The second kappa shape index (κ2) is 7.44. The Balaban J connectivity index is 4.19. The van der Waals surface area contributed by atoms with Crippen molar-refractivity contribution in [1.82, 2.24) is 5.32 Å². The molecule has 0 saturated heterocycles. The number of nitrogens with two attached hydrogens (primary N) is 2. The molecule has 2 atom stereocenters. The molecule has 8 heteroatoms. The SMILES string of the molecule is CC(CN=C(N)N)C[C@@H](NCC(=O)O)C(=O)O. The number of hydrogen-bond donors (Lipinski definition) is 5. The van der Waals surface area contributed by atoms with Gasteiger partial charge in [0.15, 0.2) is 5.96 Å². The largest absolute Gasteiger partial charge is 0.480 e. The number of carboxylic acids is 2. The van der Waals surface area contributed by atoms with Crippen LogP contribution >= 0.6 is 0 Å². The second-order valence-corrected chi connectivity index (χ2v) is 3.77. The third kappa shape index (κ3) is 8.03. The van der Waals surface area contributed by atoms with Gasteiger partial charge in [-0.05, 0) is 12.3 Å². The van der Waals surface area contributed by atoms with Crippen LogP contribution in [0.15, 0.2) is 4.99 Å². The van der Waals surface area contributed by atoms with Crippen LogP contribution in [-0.4, -0.2) is 47.2 Å². The highest BCUT2D eigenvalue weighted by molar-refractivity contribution is 5.76. The van der Waals surface area contributed by atoms with Crippen LogP contribution in [0.1, 0.15) is 13.3 Å². The molecule has 0 aliphatic heterocycles. The number of guanidine groups is 1. The molecule has 17 heavy (non-hydrogen) atoms. The van der Waals surface area contributed by atoms with Crippen molar-refractivity contribution in [2.75, 3.05) is 13.1 Å². The Kier molecular flexibility index (Phi) is 6.64. The number of carboxylic acid groups (broad SMARTS) is 2. The van der Waals surface area contributed by atoms with Gasteiger partial charge in [0, 0.05) is 6.54 Å². The summed E-state index contributed by atoms with van der Waals surface area (Å²) in [6.45, 7) is 1.69. The molecule has 0 rings (SSSR count). The third-order valence-electron chi connectivity index (χ3n) is 2.02. The first kappa shape index (κ1) is 15.2. The molecule has 0 bridgehead atoms. The monoisotopic (exact) mass is 246 g/mol. The maximum absolute atomic E-state index is 10.8. The molecule has 0 heterocycles. The van der Waals surface area contributed by atoms with Crippen molar-refractivity contribution in [2.24, 2.45) is 22.4 Å². The fourth-order valence-corrected chi connectivity index (χ4v) is 1.22. The van der Waals surface area contributed by atoms with E-state index in [4.69, 9.17) is 21.7 Å². The van der Waals surface area contributed by atoms with Crippen LogP contribution in [0, 0.1) is 5.92 Å². The number of carbonyl (C=O) groups is 2. The third-order valence-corrected chi connectivity index (χ3v) is 2.02. The van der Waals surface area contributed by atoms with Crippen LogP contribution in [0.25, 0.3) is 0 Å². The van der Waals surface area contributed by atoms with Gasteiger partial charge in [0.2, 0.25) is 0 Å². The van der Waals surface area contributed by atoms with Gasteiger partial charge in [0.25, 0.3) is 0 Å². The summed E-state index contributed by atoms with van der Waals surface area (Å²) in [6.07, 6.45) is 0.249. The predicted molar refractivity (Wildman–Crippen MR) is 61.5 cm³/mol. The van der Waals surface area contributed by atoms with Gasteiger partial charge < -0.3 is 21.7 Å². The number of nitrogens with one attached hydrogen (secondary N) is 1. The van der Waals surface area contributed by atoms with Crippen LogP contribution in [0.3, 0.4) is 0 Å². The molecule has 0 aromatic heterocycles. The van der Waals surface area contributed by atoms with Crippen molar-refractivity contribution in [3.8, 4) is 0 Å². The van der Waals surface area contributed by atoms with Gasteiger partial charge in [-0.2, -0.15) is 0 Å². The lowest BCUT2D eigenvalue weighted by molar-refractivity contribution is -0.140. The average Bonchev–Trinajstić information content (AvgIpc) is 2.20. The molecule has 0 aromatic rings. The van der Waals surface area contributed by atoms with Gasteiger partial charge in [-0.1, -0.05) is 6.92 Å². The molecule has 8 nitrogen and oxygen atoms in total. The van der Waals surface area contributed by atoms with Crippen LogP contribution < -0.4 is 16.8 Å². The zero-order valence-electron chi connectivity index (χ0n) is 9.59. The number of hydrogen-bond acceptors (Lipinski definition) is 4. The molecule has 0 fully saturated rings. The Morgan fingerprint density at radius 1 is 1.35 bits per heavy atom. The average molecular weight is 246 g/mol. The summed E-state index contributed by atoms with van der Waals surface area (Å²) < 4.78 is 0. The van der Waals surface area contributed by atoms with Gasteiger partial charge in [-0.25, -0.2) is 0 Å². The van der Waals surface area contributed by atoms with Crippen LogP contribution in [-0.2, 0) is 9.59 Å². The summed E-state index contributed by atoms with van der Waals surface area (Å²) >= 11 is 0. The van der Waals surface area contributed by atoms with Crippen molar-refractivity contribution in [3.63, 3.8) is 0 Å². The smallest absolute Gasteiger partial charge is 0.320 e. The molecule has 98 valence electrons. The highest BCUT2D eigenvalue weighted by Crippen LogP contribution is 2.06. The van der Waals surface area contributed by atoms with E-state index in [1.807, 2.05) is 0 Å². The Morgan fingerprint density at radius 2 is 1.94 bits per heavy atom. The minimum absolute atomic E-state index is 0.0535. The molecular formula is C9H18N4O4. The second-order valence-electron chi connectivity index (χ2n) is 3.77. The lowest BCUT2D eigenvalue weighted by Gasteiger charge is -2.16. The zero-order chi connectivity index (χ0) is 13.4. The number of aliphatic imine (C=N–C) groups is 1. The molecule has 0 aliphatic rings. The van der Waals surface area contributed by atoms with E-state index in [1.54, 1.807) is 6.92 Å². The predicted octanol–water partition coefficient (Wildman–Crippen LogP) is -1.59. The summed E-state index contributed by atoms with van der Waals surface area (Å²) in [7, 11) is 0. The number of rotatable bonds is 8. The van der Waals surface area contributed by atoms with E-state index in [0.29, 0.717) is 6.54 Å². The first-order valence-electron chi connectivity index (χ1n) is 5.06. The fraction of sp³-hybridized carbons (Fsp3) is 0.667. The maximum atomic E-state index is 10.8. The first-order valence-corrected chi connectivity index (χ1v) is 5.06. The molecule has 0 saturated carbocycles. The Hall–Kier alpha value is -1.83. The molecule has 0 radical (unpaired) electrons. The molecule has 0 aliphatic carbocycles. The van der Waals surface area contributed by atoms with Gasteiger partial charge in [0.05, 0.1) is 6.54 Å². The highest BCUT2D eigenvalue weighted by atomic mass is 16.4. The van der Waals surface area contributed by atoms with Crippen molar-refractivity contribution < 1.29 is 19.8 Å². The minimum Gasteiger partial charge on any atom is -0.480 e. The highest BCUT2D eigenvalue weighted by Gasteiger charge is 2.20. The van der Waals surface area contributed by atoms with Crippen LogP contribution in [0.5, 0.6) is 0 Å². The molecule has 0 amide bonds. The van der Waals surface area contributed by atoms with Crippen molar-refractivity contribution >= 4 is 17.9 Å². The Labute approximate surface area is 98.7 Å². The Bertz CT molecular complexity index is 301. The molecule has 1 unspecified atom stereocenters. The van der Waals surface area contributed by atoms with E-state index in [0.717, 1.165) is 0 Å². The van der Waals surface area contributed by atoms with E-state index >= 15 is 0 Å². The van der Waals surface area contributed by atoms with Gasteiger partial charge in [-0.15, -0.1) is 0 Å². The van der Waals surface area contributed by atoms with E-state index in [9.17, 15) is 9.59 Å². The van der Waals surface area contributed by atoms with Crippen molar-refractivity contribution in [2.45, 2.75) is 19.4 Å². The zero-order valence-corrected chi connectivity index (χ0v) is 9.59. The first-order chi connectivity index (χ1) is 7.82. The minimum atomic E-state index is -1.10. The normalized spacial score (nSPS) is 13.7. The summed E-state index contributed by atoms with van der Waals surface area (Å²) in [5, 5.41) is 19.7. The summed E-state index contributed by atoms with van der Waals surface area (Å²) in [5.41, 5.74) is 10.3. The van der Waals surface area contributed by atoms with E-state index in [1.165, 1.54) is 0 Å². The van der Waals surface area contributed by atoms with Crippen LogP contribution in [0.4, 0.5) is 0 Å². The summed E-state index contributed by atoms with van der Waals surface area (Å²) in [6, 6.07) is -0.921.